The summed E-state index contributed by atoms with van der Waals surface area (Å²) < 4.78 is 33.2. The molecule has 1 atom stereocenters. The lowest BCUT2D eigenvalue weighted by Crippen LogP contribution is -2.43. The van der Waals surface area contributed by atoms with Crippen molar-refractivity contribution in [1.82, 2.24) is 4.72 Å². The largest absolute Gasteiger partial charge is 0.378 e. The van der Waals surface area contributed by atoms with E-state index < -0.39 is 16.1 Å². The lowest BCUT2D eigenvalue weighted by atomic mass is 10.1. The van der Waals surface area contributed by atoms with Gasteiger partial charge in [0.25, 0.3) is 0 Å². The summed E-state index contributed by atoms with van der Waals surface area (Å²) in [5.74, 6) is 0.278. The number of rotatable bonds is 10. The average Bonchev–Trinajstić information content (AvgIpc) is 2.83. The molecule has 1 aliphatic rings. The minimum Gasteiger partial charge on any atom is -0.378 e. The molecule has 2 aromatic carbocycles. The van der Waals surface area contributed by atoms with Crippen LogP contribution in [0.25, 0.3) is 6.08 Å². The van der Waals surface area contributed by atoms with Crippen LogP contribution >= 0.6 is 11.8 Å². The summed E-state index contributed by atoms with van der Waals surface area (Å²) in [5, 5.41) is 4.00. The summed E-state index contributed by atoms with van der Waals surface area (Å²) in [4.78, 5) is 15.3. The summed E-state index contributed by atoms with van der Waals surface area (Å²) in [7, 11) is -3.80. The molecular formula is C24H31N3O4S2. The van der Waals surface area contributed by atoms with Crippen LogP contribution in [-0.4, -0.2) is 58.7 Å². The summed E-state index contributed by atoms with van der Waals surface area (Å²) in [6.45, 7) is 5.00. The monoisotopic (exact) mass is 489 g/mol. The van der Waals surface area contributed by atoms with E-state index in [0.717, 1.165) is 35.3 Å². The highest BCUT2D eigenvalue weighted by molar-refractivity contribution is 7.98. The van der Waals surface area contributed by atoms with Crippen molar-refractivity contribution in [2.75, 3.05) is 48.5 Å². The number of anilines is 2. The van der Waals surface area contributed by atoms with Crippen LogP contribution in [0.2, 0.25) is 0 Å². The van der Waals surface area contributed by atoms with Gasteiger partial charge in [-0.2, -0.15) is 16.5 Å². The highest BCUT2D eigenvalue weighted by Gasteiger charge is 2.23. The molecule has 1 saturated heterocycles. The van der Waals surface area contributed by atoms with Gasteiger partial charge in [-0.1, -0.05) is 30.3 Å². The number of morpholine rings is 1. The molecule has 3 rings (SSSR count). The Labute approximate surface area is 200 Å². The van der Waals surface area contributed by atoms with E-state index in [-0.39, 0.29) is 5.91 Å². The maximum atomic E-state index is 13.0. The topological polar surface area (TPSA) is 87.7 Å². The van der Waals surface area contributed by atoms with Gasteiger partial charge in [-0.05, 0) is 60.8 Å². The van der Waals surface area contributed by atoms with Crippen molar-refractivity contribution in [3.8, 4) is 0 Å². The molecule has 0 radical (unpaired) electrons. The van der Waals surface area contributed by atoms with Crippen LogP contribution in [0.5, 0.6) is 0 Å². The van der Waals surface area contributed by atoms with Crippen LogP contribution in [0.4, 0.5) is 11.4 Å². The van der Waals surface area contributed by atoms with E-state index in [2.05, 4.69) is 14.9 Å². The van der Waals surface area contributed by atoms with Crippen LogP contribution < -0.4 is 14.9 Å². The van der Waals surface area contributed by atoms with Gasteiger partial charge in [0, 0.05) is 29.9 Å². The Kier molecular flexibility index (Phi) is 9.37. The minimum atomic E-state index is -3.80. The Bertz CT molecular complexity index is 1050. The van der Waals surface area contributed by atoms with Crippen molar-refractivity contribution in [3.63, 3.8) is 0 Å². The van der Waals surface area contributed by atoms with E-state index in [0.29, 0.717) is 31.1 Å². The van der Waals surface area contributed by atoms with Gasteiger partial charge in [0.2, 0.25) is 15.9 Å². The van der Waals surface area contributed by atoms with Gasteiger partial charge < -0.3 is 15.0 Å². The molecule has 178 valence electrons. The Balaban J connectivity index is 1.69. The first kappa shape index (κ1) is 25.3. The quantitative estimate of drug-likeness (QED) is 0.531. The lowest BCUT2D eigenvalue weighted by molar-refractivity contribution is -0.117. The molecule has 9 heteroatoms. The predicted molar refractivity (Wildman–Crippen MR) is 137 cm³/mol. The second kappa shape index (κ2) is 12.2. The molecule has 1 aliphatic heterocycles. The summed E-state index contributed by atoms with van der Waals surface area (Å²) >= 11 is 1.56. The molecule has 33 heavy (non-hydrogen) atoms. The number of aryl methyl sites for hydroxylation is 1. The second-order valence-electron chi connectivity index (χ2n) is 7.80. The molecule has 0 aromatic heterocycles. The predicted octanol–water partition coefficient (Wildman–Crippen LogP) is 3.48. The maximum Gasteiger partial charge on any atom is 0.242 e. The van der Waals surface area contributed by atoms with Crippen LogP contribution in [-0.2, 0) is 19.6 Å². The third kappa shape index (κ3) is 7.89. The van der Waals surface area contributed by atoms with Gasteiger partial charge >= 0.3 is 0 Å². The fraction of sp³-hybridized carbons (Fsp3) is 0.375. The number of nitrogens with zero attached hydrogens (tertiary/aromatic N) is 1. The number of sulfonamides is 1. The van der Waals surface area contributed by atoms with Gasteiger partial charge in [0.15, 0.2) is 0 Å². The van der Waals surface area contributed by atoms with E-state index >= 15 is 0 Å². The van der Waals surface area contributed by atoms with E-state index in [4.69, 9.17) is 4.74 Å². The first-order valence-corrected chi connectivity index (χ1v) is 13.8. The number of nitrogens with one attached hydrogen (secondary N) is 2. The Morgan fingerprint density at radius 3 is 2.58 bits per heavy atom. The van der Waals surface area contributed by atoms with Crippen molar-refractivity contribution < 1.29 is 17.9 Å². The zero-order valence-electron chi connectivity index (χ0n) is 19.0. The molecule has 1 amide bonds. The van der Waals surface area contributed by atoms with Gasteiger partial charge in [0.05, 0.1) is 13.2 Å². The Morgan fingerprint density at radius 2 is 1.91 bits per heavy atom. The summed E-state index contributed by atoms with van der Waals surface area (Å²) in [6.07, 6.45) is 3.82. The van der Waals surface area contributed by atoms with Crippen molar-refractivity contribution in [1.29, 1.82) is 0 Å². The SMILES string of the molecule is CSCCC(NS(=O)(=O)/C=C/c1ccccc1)C(=O)Nc1ccc(N2CCOCC2)cc1C. The third-order valence-electron chi connectivity index (χ3n) is 5.32. The molecule has 7 nitrogen and oxygen atoms in total. The molecule has 1 heterocycles. The lowest BCUT2D eigenvalue weighted by Gasteiger charge is -2.29. The zero-order chi connectivity index (χ0) is 23.7. The molecule has 0 saturated carbocycles. The number of benzene rings is 2. The number of carbonyl (C=O) groups excluding carboxylic acids is 1. The molecule has 2 aromatic rings. The number of ether oxygens (including phenoxy) is 1. The summed E-state index contributed by atoms with van der Waals surface area (Å²) in [5.41, 5.74) is 3.44. The fourth-order valence-corrected chi connectivity index (χ4v) is 4.98. The highest BCUT2D eigenvalue weighted by Crippen LogP contribution is 2.24. The number of carbonyl (C=O) groups is 1. The molecule has 1 unspecified atom stereocenters. The number of hydrogen-bond acceptors (Lipinski definition) is 6. The average molecular weight is 490 g/mol. The van der Waals surface area contributed by atoms with Gasteiger partial charge in [0.1, 0.15) is 6.04 Å². The standard InChI is InChI=1S/C24H31N3O4S2/c1-19-18-21(27-12-14-31-15-13-27)8-9-22(19)25-24(28)23(10-16-32-2)26-33(29,30)17-11-20-6-4-3-5-7-20/h3-9,11,17-18,23,26H,10,12-16H2,1-2H3,(H,25,28)/b17-11+. The second-order valence-corrected chi connectivity index (χ2v) is 10.4. The van der Waals surface area contributed by atoms with E-state index in [9.17, 15) is 13.2 Å². The molecule has 0 aliphatic carbocycles. The van der Waals surface area contributed by atoms with Gasteiger partial charge in [-0.25, -0.2) is 8.42 Å². The smallest absolute Gasteiger partial charge is 0.242 e. The number of hydrogen-bond donors (Lipinski definition) is 2. The maximum absolute atomic E-state index is 13.0. The molecular weight excluding hydrogens is 458 g/mol. The van der Waals surface area contributed by atoms with Crippen LogP contribution in [0, 0.1) is 6.92 Å². The van der Waals surface area contributed by atoms with E-state index in [1.54, 1.807) is 11.8 Å². The van der Waals surface area contributed by atoms with Gasteiger partial charge in [-0.3, -0.25) is 4.79 Å². The van der Waals surface area contributed by atoms with Crippen molar-refractivity contribution in [2.45, 2.75) is 19.4 Å². The van der Waals surface area contributed by atoms with Gasteiger partial charge in [-0.15, -0.1) is 0 Å². The Morgan fingerprint density at radius 1 is 1.18 bits per heavy atom. The third-order valence-corrected chi connectivity index (χ3v) is 7.07. The normalized spacial score (nSPS) is 15.5. The first-order chi connectivity index (χ1) is 15.9. The van der Waals surface area contributed by atoms with Crippen molar-refractivity contribution in [2.24, 2.45) is 0 Å². The fourth-order valence-electron chi connectivity index (χ4n) is 3.48. The minimum absolute atomic E-state index is 0.372. The van der Waals surface area contributed by atoms with Crippen LogP contribution in [0.3, 0.4) is 0 Å². The van der Waals surface area contributed by atoms with Crippen LogP contribution in [0.1, 0.15) is 17.5 Å². The number of thioether (sulfide) groups is 1. The molecule has 1 fully saturated rings. The number of amides is 1. The van der Waals surface area contributed by atoms with E-state index in [1.165, 1.54) is 6.08 Å². The van der Waals surface area contributed by atoms with Crippen molar-refractivity contribution >= 4 is 45.1 Å². The van der Waals surface area contributed by atoms with Crippen molar-refractivity contribution in [3.05, 3.63) is 65.1 Å². The Hall–Kier alpha value is -2.33. The summed E-state index contributed by atoms with van der Waals surface area (Å²) in [6, 6.07) is 14.2. The highest BCUT2D eigenvalue weighted by atomic mass is 32.2. The van der Waals surface area contributed by atoms with Crippen LogP contribution in [0.15, 0.2) is 53.9 Å². The molecule has 0 bridgehead atoms. The first-order valence-electron chi connectivity index (χ1n) is 10.9. The zero-order valence-corrected chi connectivity index (χ0v) is 20.6. The molecule has 2 N–H and O–H groups in total. The van der Waals surface area contributed by atoms with E-state index in [1.807, 2.05) is 61.7 Å². The molecule has 0 spiro atoms.